The Bertz CT molecular complexity index is 1370. The third-order valence-corrected chi connectivity index (χ3v) is 8.52. The Balaban J connectivity index is 1.63. The fourth-order valence-corrected chi connectivity index (χ4v) is 5.66. The van der Waals surface area contributed by atoms with E-state index in [1.165, 1.54) is 30.2 Å². The number of benzene rings is 2. The van der Waals surface area contributed by atoms with Crippen LogP contribution in [0.3, 0.4) is 0 Å². The lowest BCUT2D eigenvalue weighted by Crippen LogP contribution is -2.47. The zero-order chi connectivity index (χ0) is 28.7. The van der Waals surface area contributed by atoms with Crippen molar-refractivity contribution < 1.29 is 40.3 Å². The summed E-state index contributed by atoms with van der Waals surface area (Å²) in [6.07, 6.45) is -1.34. The number of sulfone groups is 1. The van der Waals surface area contributed by atoms with Crippen molar-refractivity contribution in [3.05, 3.63) is 58.9 Å². The number of nitrogens with zero attached hydrogens (tertiary/aromatic N) is 1. The number of alkyl halides is 3. The van der Waals surface area contributed by atoms with Gasteiger partial charge in [-0.05, 0) is 61.4 Å². The van der Waals surface area contributed by atoms with Crippen LogP contribution in [0.5, 0.6) is 5.75 Å². The van der Waals surface area contributed by atoms with E-state index in [0.29, 0.717) is 31.7 Å². The number of carbonyl (C=O) groups is 2. The molecule has 212 valence electrons. The van der Waals surface area contributed by atoms with Crippen molar-refractivity contribution in [2.24, 2.45) is 11.8 Å². The second kappa shape index (κ2) is 10.8. The number of hydrogen-bond donors (Lipinski definition) is 1. The van der Waals surface area contributed by atoms with E-state index in [0.717, 1.165) is 18.4 Å². The molecule has 1 N–H and O–H groups in total. The Morgan fingerprint density at radius 1 is 1.15 bits per heavy atom. The molecule has 7 nitrogen and oxygen atoms in total. The van der Waals surface area contributed by atoms with Crippen LogP contribution in [0.4, 0.5) is 17.6 Å². The SMILES string of the molecule is CC[C@@H]1C[C@H](C(=O)NC(c2ccc(C(F)(F)F)cc2F)C2CC2)N(C(=O)c2cc(S(C)(=O)=O)ccc2OC)C1. The lowest BCUT2D eigenvalue weighted by Gasteiger charge is -2.28. The molecule has 0 radical (unpaired) electrons. The first-order valence-electron chi connectivity index (χ1n) is 12.6. The first kappa shape index (κ1) is 28.8. The van der Waals surface area contributed by atoms with Gasteiger partial charge in [0.1, 0.15) is 17.6 Å². The van der Waals surface area contributed by atoms with Crippen molar-refractivity contribution in [1.29, 1.82) is 0 Å². The summed E-state index contributed by atoms with van der Waals surface area (Å²) in [7, 11) is -2.29. The van der Waals surface area contributed by atoms with E-state index < -0.39 is 51.3 Å². The van der Waals surface area contributed by atoms with Crippen LogP contribution in [0.2, 0.25) is 0 Å². The van der Waals surface area contributed by atoms with Gasteiger partial charge in [0.25, 0.3) is 5.91 Å². The highest BCUT2D eigenvalue weighted by Gasteiger charge is 2.43. The summed E-state index contributed by atoms with van der Waals surface area (Å²) in [5.74, 6) is -2.20. The first-order chi connectivity index (χ1) is 18.2. The maximum absolute atomic E-state index is 14.8. The van der Waals surface area contributed by atoms with Crippen LogP contribution in [0.1, 0.15) is 60.1 Å². The fraction of sp³-hybridized carbons (Fsp3) is 0.481. The van der Waals surface area contributed by atoms with Crippen LogP contribution < -0.4 is 10.1 Å². The number of likely N-dealkylation sites (tertiary alicyclic amines) is 1. The van der Waals surface area contributed by atoms with E-state index in [1.54, 1.807) is 0 Å². The van der Waals surface area contributed by atoms with Crippen LogP contribution >= 0.6 is 0 Å². The van der Waals surface area contributed by atoms with Gasteiger partial charge in [-0.25, -0.2) is 12.8 Å². The van der Waals surface area contributed by atoms with Gasteiger partial charge in [-0.15, -0.1) is 0 Å². The monoisotopic (exact) mass is 570 g/mol. The summed E-state index contributed by atoms with van der Waals surface area (Å²) < 4.78 is 83.5. The molecule has 0 bridgehead atoms. The molecule has 2 aromatic carbocycles. The molecule has 12 heteroatoms. The van der Waals surface area contributed by atoms with Crippen LogP contribution in [0.25, 0.3) is 0 Å². The van der Waals surface area contributed by atoms with E-state index in [2.05, 4.69) is 5.32 Å². The minimum absolute atomic E-state index is 0.0116. The molecule has 2 fully saturated rings. The lowest BCUT2D eigenvalue weighted by atomic mass is 9.98. The van der Waals surface area contributed by atoms with Gasteiger partial charge in [0.05, 0.1) is 29.2 Å². The van der Waals surface area contributed by atoms with E-state index in [4.69, 9.17) is 4.74 Å². The highest BCUT2D eigenvalue weighted by Crippen LogP contribution is 2.43. The van der Waals surface area contributed by atoms with E-state index in [1.807, 2.05) is 6.92 Å². The number of hydrogen-bond acceptors (Lipinski definition) is 5. The predicted molar refractivity (Wildman–Crippen MR) is 134 cm³/mol. The molecular weight excluding hydrogens is 540 g/mol. The summed E-state index contributed by atoms with van der Waals surface area (Å²) >= 11 is 0. The first-order valence-corrected chi connectivity index (χ1v) is 14.5. The standard InChI is InChI=1S/C27H30F4N2O5S/c1-4-15-11-22(33(14-15)26(35)20-13-18(39(3,36)37)8-10-23(20)38-2)25(34)32-24(16-5-6-16)19-9-7-17(12-21(19)28)27(29,30)31/h7-10,12-13,15-16,22,24H,4-6,11,14H2,1-3H3,(H,32,34)/t15-,22-,24?/m1/s1. The molecule has 3 atom stereocenters. The molecule has 1 aliphatic carbocycles. The normalized spacial score (nSPS) is 20.5. The number of ether oxygens (including phenoxy) is 1. The van der Waals surface area contributed by atoms with Crippen molar-refractivity contribution in [2.45, 2.75) is 55.8 Å². The van der Waals surface area contributed by atoms with Gasteiger partial charge in [0, 0.05) is 18.4 Å². The average Bonchev–Trinajstić information content (AvgIpc) is 3.62. The van der Waals surface area contributed by atoms with E-state index in [9.17, 15) is 35.6 Å². The number of rotatable bonds is 8. The van der Waals surface area contributed by atoms with Crippen molar-refractivity contribution >= 4 is 21.7 Å². The number of halogens is 4. The van der Waals surface area contributed by atoms with E-state index >= 15 is 0 Å². The minimum atomic E-state index is -4.70. The topological polar surface area (TPSA) is 92.8 Å². The van der Waals surface area contributed by atoms with Gasteiger partial charge in [-0.1, -0.05) is 19.4 Å². The summed E-state index contributed by atoms with van der Waals surface area (Å²) in [4.78, 5) is 28.5. The molecule has 39 heavy (non-hydrogen) atoms. The van der Waals surface area contributed by atoms with Gasteiger partial charge < -0.3 is 15.0 Å². The molecule has 1 saturated heterocycles. The Morgan fingerprint density at radius 2 is 1.85 bits per heavy atom. The zero-order valence-electron chi connectivity index (χ0n) is 21.7. The van der Waals surface area contributed by atoms with Crippen LogP contribution in [0, 0.1) is 17.7 Å². The largest absolute Gasteiger partial charge is 0.496 e. The number of carbonyl (C=O) groups excluding carboxylic acids is 2. The Morgan fingerprint density at radius 3 is 2.38 bits per heavy atom. The van der Waals surface area contributed by atoms with Crippen LogP contribution in [0.15, 0.2) is 41.3 Å². The van der Waals surface area contributed by atoms with Crippen molar-refractivity contribution in [2.75, 3.05) is 19.9 Å². The number of nitrogens with one attached hydrogen (secondary N) is 1. The number of methoxy groups -OCH3 is 1. The molecule has 2 aliphatic rings. The smallest absolute Gasteiger partial charge is 0.416 e. The highest BCUT2D eigenvalue weighted by molar-refractivity contribution is 7.90. The van der Waals surface area contributed by atoms with Crippen molar-refractivity contribution in [3.8, 4) is 5.75 Å². The van der Waals surface area contributed by atoms with Gasteiger partial charge in [-0.3, -0.25) is 9.59 Å². The fourth-order valence-electron chi connectivity index (χ4n) is 5.02. The molecule has 2 amide bonds. The quantitative estimate of drug-likeness (QED) is 0.462. The molecule has 0 spiro atoms. The second-order valence-corrected chi connectivity index (χ2v) is 12.2. The highest BCUT2D eigenvalue weighted by atomic mass is 32.2. The Labute approximate surface area is 224 Å². The Kier molecular flexibility index (Phi) is 7.98. The Hall–Kier alpha value is -3.15. The summed E-state index contributed by atoms with van der Waals surface area (Å²) in [5.41, 5.74) is -1.17. The van der Waals surface area contributed by atoms with Crippen LogP contribution in [-0.4, -0.2) is 51.1 Å². The summed E-state index contributed by atoms with van der Waals surface area (Å²) in [5, 5.41) is 2.80. The van der Waals surface area contributed by atoms with Gasteiger partial charge in [0.15, 0.2) is 9.84 Å². The van der Waals surface area contributed by atoms with Gasteiger partial charge >= 0.3 is 6.18 Å². The van der Waals surface area contributed by atoms with Gasteiger partial charge in [-0.2, -0.15) is 13.2 Å². The van der Waals surface area contributed by atoms with Crippen molar-refractivity contribution in [1.82, 2.24) is 10.2 Å². The molecule has 1 unspecified atom stereocenters. The molecule has 1 heterocycles. The predicted octanol–water partition coefficient (Wildman–Crippen LogP) is 4.76. The minimum Gasteiger partial charge on any atom is -0.496 e. The van der Waals surface area contributed by atoms with Crippen LogP contribution in [-0.2, 0) is 20.8 Å². The van der Waals surface area contributed by atoms with Crippen molar-refractivity contribution in [3.63, 3.8) is 0 Å². The average molecular weight is 571 g/mol. The maximum Gasteiger partial charge on any atom is 0.416 e. The molecule has 0 aromatic heterocycles. The molecule has 4 rings (SSSR count). The molecule has 1 aliphatic heterocycles. The third-order valence-electron chi connectivity index (χ3n) is 7.41. The maximum atomic E-state index is 14.8. The lowest BCUT2D eigenvalue weighted by molar-refractivity contribution is -0.137. The van der Waals surface area contributed by atoms with E-state index in [-0.39, 0.29) is 40.2 Å². The molecular formula is C27H30F4N2O5S. The number of amides is 2. The molecule has 2 aromatic rings. The van der Waals surface area contributed by atoms with Gasteiger partial charge in [0.2, 0.25) is 5.91 Å². The third kappa shape index (κ3) is 6.21. The summed E-state index contributed by atoms with van der Waals surface area (Å²) in [6, 6.07) is 4.41. The summed E-state index contributed by atoms with van der Waals surface area (Å²) in [6.45, 7) is 2.16. The molecule has 1 saturated carbocycles. The second-order valence-electron chi connectivity index (χ2n) is 10.2. The zero-order valence-corrected chi connectivity index (χ0v) is 22.5.